The van der Waals surface area contributed by atoms with E-state index in [0.29, 0.717) is 5.02 Å². The monoisotopic (exact) mass is 357 g/mol. The second-order valence-corrected chi connectivity index (χ2v) is 8.12. The van der Waals surface area contributed by atoms with Gasteiger partial charge in [-0.1, -0.05) is 47.0 Å². The SMILES string of the molecule is Cc1ccc(C)c(CN(C)S(=O)(=O)c2cc(Cl)ccc2Cl)c1. The number of benzene rings is 2. The summed E-state index contributed by atoms with van der Waals surface area (Å²) in [6, 6.07) is 10.4. The van der Waals surface area contributed by atoms with Crippen molar-refractivity contribution in [3.63, 3.8) is 0 Å². The number of halogens is 2. The van der Waals surface area contributed by atoms with Crippen molar-refractivity contribution in [3.8, 4) is 0 Å². The van der Waals surface area contributed by atoms with Gasteiger partial charge in [-0.05, 0) is 43.2 Å². The molecule has 2 aromatic rings. The number of hydrogen-bond donors (Lipinski definition) is 0. The fourth-order valence-corrected chi connectivity index (χ4v) is 4.02. The number of sulfonamides is 1. The molecule has 22 heavy (non-hydrogen) atoms. The molecule has 0 radical (unpaired) electrons. The summed E-state index contributed by atoms with van der Waals surface area (Å²) >= 11 is 11.9. The second kappa shape index (κ2) is 6.59. The summed E-state index contributed by atoms with van der Waals surface area (Å²) in [6.45, 7) is 4.21. The Hall–Kier alpha value is -1.07. The number of rotatable bonds is 4. The van der Waals surface area contributed by atoms with E-state index < -0.39 is 10.0 Å². The van der Waals surface area contributed by atoms with Crippen molar-refractivity contribution in [2.75, 3.05) is 7.05 Å². The van der Waals surface area contributed by atoms with Crippen LogP contribution >= 0.6 is 23.2 Å². The zero-order chi connectivity index (χ0) is 16.5. The van der Waals surface area contributed by atoms with E-state index in [9.17, 15) is 8.42 Å². The molecule has 0 spiro atoms. The van der Waals surface area contributed by atoms with Crippen LogP contribution in [0.5, 0.6) is 0 Å². The van der Waals surface area contributed by atoms with Crippen LogP contribution in [0.15, 0.2) is 41.3 Å². The first-order chi connectivity index (χ1) is 10.2. The molecule has 2 rings (SSSR count). The average Bonchev–Trinajstić information content (AvgIpc) is 2.45. The molecule has 0 atom stereocenters. The Morgan fingerprint density at radius 1 is 1.05 bits per heavy atom. The fourth-order valence-electron chi connectivity index (χ4n) is 2.14. The van der Waals surface area contributed by atoms with Gasteiger partial charge in [0.15, 0.2) is 0 Å². The first kappa shape index (κ1) is 17.3. The number of aryl methyl sites for hydroxylation is 2. The summed E-state index contributed by atoms with van der Waals surface area (Å²) in [5, 5.41) is 0.500. The Kier molecular flexibility index (Phi) is 5.17. The summed E-state index contributed by atoms with van der Waals surface area (Å²) in [5.41, 5.74) is 3.10. The normalized spacial score (nSPS) is 11.9. The molecule has 0 saturated carbocycles. The van der Waals surface area contributed by atoms with Crippen molar-refractivity contribution in [1.29, 1.82) is 0 Å². The summed E-state index contributed by atoms with van der Waals surface area (Å²) in [6.07, 6.45) is 0. The molecular weight excluding hydrogens is 341 g/mol. The molecule has 0 bridgehead atoms. The third-order valence-corrected chi connectivity index (χ3v) is 6.00. The van der Waals surface area contributed by atoms with Crippen molar-refractivity contribution in [3.05, 3.63) is 63.1 Å². The van der Waals surface area contributed by atoms with Gasteiger partial charge in [0.05, 0.1) is 5.02 Å². The molecule has 118 valence electrons. The quantitative estimate of drug-likeness (QED) is 0.811. The van der Waals surface area contributed by atoms with Crippen molar-refractivity contribution in [1.82, 2.24) is 4.31 Å². The molecule has 2 aromatic carbocycles. The van der Waals surface area contributed by atoms with Crippen molar-refractivity contribution < 1.29 is 8.42 Å². The van der Waals surface area contributed by atoms with Gasteiger partial charge >= 0.3 is 0 Å². The van der Waals surface area contributed by atoms with Gasteiger partial charge in [0, 0.05) is 18.6 Å². The first-order valence-electron chi connectivity index (χ1n) is 6.69. The van der Waals surface area contributed by atoms with Gasteiger partial charge < -0.3 is 0 Å². The van der Waals surface area contributed by atoms with Crippen LogP contribution in [0, 0.1) is 13.8 Å². The predicted molar refractivity (Wildman–Crippen MR) is 91.0 cm³/mol. The highest BCUT2D eigenvalue weighted by Crippen LogP contribution is 2.28. The van der Waals surface area contributed by atoms with Crippen molar-refractivity contribution in [2.24, 2.45) is 0 Å². The van der Waals surface area contributed by atoms with Crippen LogP contribution < -0.4 is 0 Å². The van der Waals surface area contributed by atoms with E-state index in [0.717, 1.165) is 16.7 Å². The van der Waals surface area contributed by atoms with E-state index in [1.807, 2.05) is 32.0 Å². The van der Waals surface area contributed by atoms with E-state index in [1.165, 1.54) is 23.5 Å². The van der Waals surface area contributed by atoms with E-state index in [2.05, 4.69) is 0 Å². The highest BCUT2D eigenvalue weighted by molar-refractivity contribution is 7.89. The van der Waals surface area contributed by atoms with Crippen LogP contribution in [-0.4, -0.2) is 19.8 Å². The smallest absolute Gasteiger partial charge is 0.207 e. The van der Waals surface area contributed by atoms with Gasteiger partial charge in [0.25, 0.3) is 0 Å². The Morgan fingerprint density at radius 2 is 1.73 bits per heavy atom. The largest absolute Gasteiger partial charge is 0.244 e. The lowest BCUT2D eigenvalue weighted by atomic mass is 10.1. The molecule has 0 saturated heterocycles. The van der Waals surface area contributed by atoms with Crippen LogP contribution in [0.1, 0.15) is 16.7 Å². The minimum absolute atomic E-state index is 0.0227. The molecule has 0 aliphatic rings. The standard InChI is InChI=1S/C16H17Cl2NO2S/c1-11-4-5-12(2)13(8-11)10-19(3)22(20,21)16-9-14(17)6-7-15(16)18/h4-9H,10H2,1-3H3. The molecule has 3 nitrogen and oxygen atoms in total. The lowest BCUT2D eigenvalue weighted by Crippen LogP contribution is -2.27. The molecule has 0 N–H and O–H groups in total. The Balaban J connectivity index is 2.37. The van der Waals surface area contributed by atoms with Crippen LogP contribution in [0.25, 0.3) is 0 Å². The van der Waals surface area contributed by atoms with E-state index in [4.69, 9.17) is 23.2 Å². The molecule has 0 amide bonds. The second-order valence-electron chi connectivity index (χ2n) is 5.27. The number of hydrogen-bond acceptors (Lipinski definition) is 2. The number of nitrogens with zero attached hydrogens (tertiary/aromatic N) is 1. The molecule has 0 aliphatic carbocycles. The summed E-state index contributed by atoms with van der Waals surface area (Å²) in [5.74, 6) is 0. The van der Waals surface area contributed by atoms with E-state index in [-0.39, 0.29) is 16.5 Å². The van der Waals surface area contributed by atoms with Crippen LogP contribution in [0.2, 0.25) is 10.0 Å². The molecular formula is C16H17Cl2NO2S. The van der Waals surface area contributed by atoms with E-state index in [1.54, 1.807) is 6.07 Å². The maximum Gasteiger partial charge on any atom is 0.244 e. The van der Waals surface area contributed by atoms with Crippen LogP contribution in [0.4, 0.5) is 0 Å². The van der Waals surface area contributed by atoms with Gasteiger partial charge in [-0.3, -0.25) is 0 Å². The highest BCUT2D eigenvalue weighted by Gasteiger charge is 2.24. The topological polar surface area (TPSA) is 37.4 Å². The lowest BCUT2D eigenvalue weighted by Gasteiger charge is -2.19. The Morgan fingerprint density at radius 3 is 2.41 bits per heavy atom. The third kappa shape index (κ3) is 3.63. The predicted octanol–water partition coefficient (Wildman–Crippen LogP) is 4.43. The first-order valence-corrected chi connectivity index (χ1v) is 8.89. The minimum atomic E-state index is -3.70. The maximum absolute atomic E-state index is 12.7. The minimum Gasteiger partial charge on any atom is -0.207 e. The zero-order valence-corrected chi connectivity index (χ0v) is 14.9. The molecule has 0 heterocycles. The summed E-state index contributed by atoms with van der Waals surface area (Å²) < 4.78 is 26.7. The van der Waals surface area contributed by atoms with Crippen LogP contribution in [0.3, 0.4) is 0 Å². The zero-order valence-electron chi connectivity index (χ0n) is 12.6. The van der Waals surface area contributed by atoms with Crippen LogP contribution in [-0.2, 0) is 16.6 Å². The molecule has 0 unspecified atom stereocenters. The maximum atomic E-state index is 12.7. The van der Waals surface area contributed by atoms with Gasteiger partial charge in [0.2, 0.25) is 10.0 Å². The highest BCUT2D eigenvalue weighted by atomic mass is 35.5. The van der Waals surface area contributed by atoms with E-state index >= 15 is 0 Å². The Bertz CT molecular complexity index is 804. The Labute approximate surface area is 141 Å². The summed E-state index contributed by atoms with van der Waals surface area (Å²) in [7, 11) is -2.17. The van der Waals surface area contributed by atoms with Gasteiger partial charge in [-0.15, -0.1) is 0 Å². The lowest BCUT2D eigenvalue weighted by molar-refractivity contribution is 0.466. The molecule has 0 aliphatic heterocycles. The summed E-state index contributed by atoms with van der Waals surface area (Å²) in [4.78, 5) is 0.0227. The van der Waals surface area contributed by atoms with Gasteiger partial charge in [-0.2, -0.15) is 4.31 Å². The average molecular weight is 358 g/mol. The molecule has 6 heteroatoms. The fraction of sp³-hybridized carbons (Fsp3) is 0.250. The van der Waals surface area contributed by atoms with Crippen molar-refractivity contribution >= 4 is 33.2 Å². The van der Waals surface area contributed by atoms with Gasteiger partial charge in [0.1, 0.15) is 4.90 Å². The van der Waals surface area contributed by atoms with Crippen molar-refractivity contribution in [2.45, 2.75) is 25.3 Å². The van der Waals surface area contributed by atoms with Gasteiger partial charge in [-0.25, -0.2) is 8.42 Å². The molecule has 0 aromatic heterocycles. The third-order valence-electron chi connectivity index (χ3n) is 3.48. The molecule has 0 fully saturated rings.